The van der Waals surface area contributed by atoms with Crippen molar-refractivity contribution < 1.29 is 9.90 Å². The summed E-state index contributed by atoms with van der Waals surface area (Å²) in [5, 5.41) is 8.91. The number of anilines is 1. The first-order chi connectivity index (χ1) is 7.52. The number of rotatable bonds is 5. The number of aromatic carboxylic acids is 1. The van der Waals surface area contributed by atoms with Crippen LogP contribution in [0.15, 0.2) is 23.1 Å². The zero-order valence-electron chi connectivity index (χ0n) is 9.56. The smallest absolute Gasteiger partial charge is 0.337 e. The van der Waals surface area contributed by atoms with Crippen LogP contribution >= 0.6 is 11.8 Å². The van der Waals surface area contributed by atoms with Gasteiger partial charge in [0, 0.05) is 4.90 Å². The summed E-state index contributed by atoms with van der Waals surface area (Å²) in [6.07, 6.45) is 1.10. The average molecular weight is 239 g/mol. The Bertz CT molecular complexity index is 377. The number of carboxylic acid groups (broad SMARTS) is 1. The maximum Gasteiger partial charge on any atom is 0.337 e. The number of carbonyl (C=O) groups is 1. The molecule has 0 fully saturated rings. The van der Waals surface area contributed by atoms with Crippen LogP contribution in [0, 0.1) is 5.92 Å². The van der Waals surface area contributed by atoms with E-state index in [-0.39, 0.29) is 5.56 Å². The highest BCUT2D eigenvalue weighted by Crippen LogP contribution is 2.28. The molecule has 0 aliphatic carbocycles. The average Bonchev–Trinajstić information content (AvgIpc) is 2.19. The molecule has 0 saturated carbocycles. The van der Waals surface area contributed by atoms with Crippen LogP contribution in [0.4, 0.5) is 5.69 Å². The second-order valence-corrected chi connectivity index (χ2v) is 5.19. The zero-order valence-corrected chi connectivity index (χ0v) is 10.4. The largest absolute Gasteiger partial charge is 0.478 e. The van der Waals surface area contributed by atoms with Crippen LogP contribution in [0.2, 0.25) is 0 Å². The minimum Gasteiger partial charge on any atom is -0.478 e. The number of para-hydroxylation sites is 1. The van der Waals surface area contributed by atoms with Gasteiger partial charge in [0.15, 0.2) is 0 Å². The van der Waals surface area contributed by atoms with E-state index >= 15 is 0 Å². The lowest BCUT2D eigenvalue weighted by molar-refractivity contribution is 0.0698. The summed E-state index contributed by atoms with van der Waals surface area (Å²) >= 11 is 1.62. The van der Waals surface area contributed by atoms with Gasteiger partial charge in [-0.1, -0.05) is 19.9 Å². The highest BCUT2D eigenvalue weighted by Gasteiger charge is 2.11. The Labute approximate surface area is 100 Å². The van der Waals surface area contributed by atoms with Gasteiger partial charge in [0.2, 0.25) is 0 Å². The molecule has 88 valence electrons. The summed E-state index contributed by atoms with van der Waals surface area (Å²) in [7, 11) is 0. The molecule has 3 nitrogen and oxygen atoms in total. The molecule has 3 N–H and O–H groups in total. The minimum absolute atomic E-state index is 0.189. The zero-order chi connectivity index (χ0) is 12.1. The lowest BCUT2D eigenvalue weighted by atomic mass is 10.2. The van der Waals surface area contributed by atoms with Gasteiger partial charge < -0.3 is 10.8 Å². The number of thioether (sulfide) groups is 1. The van der Waals surface area contributed by atoms with Gasteiger partial charge >= 0.3 is 5.97 Å². The molecule has 0 saturated heterocycles. The lowest BCUT2D eigenvalue weighted by Crippen LogP contribution is -2.03. The fourth-order valence-electron chi connectivity index (χ4n) is 1.26. The molecule has 1 aromatic carbocycles. The van der Waals surface area contributed by atoms with Crippen molar-refractivity contribution in [3.05, 3.63) is 23.8 Å². The fourth-order valence-corrected chi connectivity index (χ4v) is 2.51. The molecule has 0 spiro atoms. The van der Waals surface area contributed by atoms with Gasteiger partial charge in [-0.2, -0.15) is 0 Å². The van der Waals surface area contributed by atoms with Crippen molar-refractivity contribution in [3.63, 3.8) is 0 Å². The number of nitrogens with two attached hydrogens (primary N) is 1. The van der Waals surface area contributed by atoms with Gasteiger partial charge in [-0.05, 0) is 30.2 Å². The lowest BCUT2D eigenvalue weighted by Gasteiger charge is -2.08. The summed E-state index contributed by atoms with van der Waals surface area (Å²) in [5.41, 5.74) is 6.37. The molecule has 0 radical (unpaired) electrons. The summed E-state index contributed by atoms with van der Waals surface area (Å²) in [6.45, 7) is 4.33. The molecule has 16 heavy (non-hydrogen) atoms. The molecule has 0 aliphatic rings. The van der Waals surface area contributed by atoms with Gasteiger partial charge in [0.25, 0.3) is 0 Å². The Morgan fingerprint density at radius 2 is 2.19 bits per heavy atom. The van der Waals surface area contributed by atoms with Crippen LogP contribution in [-0.2, 0) is 0 Å². The number of nitrogen functional groups attached to an aromatic ring is 1. The van der Waals surface area contributed by atoms with Crippen LogP contribution in [0.3, 0.4) is 0 Å². The Kier molecular flexibility index (Phi) is 4.68. The molecule has 0 bridgehead atoms. The molecule has 0 unspecified atom stereocenters. The van der Waals surface area contributed by atoms with Gasteiger partial charge in [0.1, 0.15) is 0 Å². The van der Waals surface area contributed by atoms with Crippen LogP contribution < -0.4 is 5.73 Å². The van der Waals surface area contributed by atoms with Crippen molar-refractivity contribution in [3.8, 4) is 0 Å². The van der Waals surface area contributed by atoms with Crippen molar-refractivity contribution in [2.45, 2.75) is 25.2 Å². The molecule has 0 atom stereocenters. The Balaban J connectivity index is 2.73. The van der Waals surface area contributed by atoms with E-state index in [1.165, 1.54) is 6.07 Å². The molecular formula is C12H17NO2S. The van der Waals surface area contributed by atoms with Gasteiger partial charge in [0.05, 0.1) is 11.3 Å². The monoisotopic (exact) mass is 239 g/mol. The third-order valence-corrected chi connectivity index (χ3v) is 3.36. The number of benzene rings is 1. The third-order valence-electron chi connectivity index (χ3n) is 2.25. The molecule has 4 heteroatoms. The van der Waals surface area contributed by atoms with E-state index in [9.17, 15) is 4.79 Å². The van der Waals surface area contributed by atoms with E-state index < -0.39 is 5.97 Å². The fraction of sp³-hybridized carbons (Fsp3) is 0.417. The number of hydrogen-bond acceptors (Lipinski definition) is 3. The first kappa shape index (κ1) is 12.9. The third kappa shape index (κ3) is 3.45. The standard InChI is InChI=1S/C12H17NO2S/c1-8(2)6-7-16-10-5-3-4-9(11(10)13)12(14)15/h3-5,8H,6-7,13H2,1-2H3,(H,14,15). The highest BCUT2D eigenvalue weighted by atomic mass is 32.2. The first-order valence-corrected chi connectivity index (χ1v) is 6.25. The topological polar surface area (TPSA) is 63.3 Å². The Hall–Kier alpha value is -1.16. The highest BCUT2D eigenvalue weighted by molar-refractivity contribution is 7.99. The van der Waals surface area contributed by atoms with E-state index in [0.29, 0.717) is 11.6 Å². The molecule has 1 rings (SSSR count). The van der Waals surface area contributed by atoms with Crippen molar-refractivity contribution in [1.29, 1.82) is 0 Å². The molecule has 0 amide bonds. The summed E-state index contributed by atoms with van der Waals surface area (Å²) in [5.74, 6) is 0.644. The second kappa shape index (κ2) is 5.80. The van der Waals surface area contributed by atoms with E-state index in [2.05, 4.69) is 13.8 Å². The van der Waals surface area contributed by atoms with Crippen LogP contribution in [-0.4, -0.2) is 16.8 Å². The Morgan fingerprint density at radius 3 is 2.75 bits per heavy atom. The van der Waals surface area contributed by atoms with E-state index in [1.807, 2.05) is 6.07 Å². The van der Waals surface area contributed by atoms with E-state index in [0.717, 1.165) is 17.1 Å². The van der Waals surface area contributed by atoms with Gasteiger partial charge in [-0.15, -0.1) is 11.8 Å². The maximum atomic E-state index is 10.9. The summed E-state index contributed by atoms with van der Waals surface area (Å²) in [4.78, 5) is 11.7. The predicted octanol–water partition coefficient (Wildman–Crippen LogP) is 3.11. The SMILES string of the molecule is CC(C)CCSc1cccc(C(=O)O)c1N. The minimum atomic E-state index is -0.969. The van der Waals surface area contributed by atoms with E-state index in [4.69, 9.17) is 10.8 Å². The maximum absolute atomic E-state index is 10.9. The molecule has 0 heterocycles. The molecule has 0 aromatic heterocycles. The molecule has 0 aliphatic heterocycles. The summed E-state index contributed by atoms with van der Waals surface area (Å²) < 4.78 is 0. The quantitative estimate of drug-likeness (QED) is 0.612. The van der Waals surface area contributed by atoms with Crippen molar-refractivity contribution in [2.24, 2.45) is 5.92 Å². The van der Waals surface area contributed by atoms with Crippen LogP contribution in [0.5, 0.6) is 0 Å². The predicted molar refractivity (Wildman–Crippen MR) is 68.0 cm³/mol. The molecule has 1 aromatic rings. The number of hydrogen-bond donors (Lipinski definition) is 2. The van der Waals surface area contributed by atoms with Crippen LogP contribution in [0.1, 0.15) is 30.6 Å². The first-order valence-electron chi connectivity index (χ1n) is 5.27. The summed E-state index contributed by atoms with van der Waals surface area (Å²) in [6, 6.07) is 5.13. The second-order valence-electron chi connectivity index (χ2n) is 4.05. The van der Waals surface area contributed by atoms with Gasteiger partial charge in [-0.3, -0.25) is 0 Å². The Morgan fingerprint density at radius 1 is 1.50 bits per heavy atom. The van der Waals surface area contributed by atoms with Crippen molar-refractivity contribution >= 4 is 23.4 Å². The molecular weight excluding hydrogens is 222 g/mol. The van der Waals surface area contributed by atoms with E-state index in [1.54, 1.807) is 17.8 Å². The van der Waals surface area contributed by atoms with Crippen molar-refractivity contribution in [2.75, 3.05) is 11.5 Å². The number of carboxylic acids is 1. The van der Waals surface area contributed by atoms with Crippen molar-refractivity contribution in [1.82, 2.24) is 0 Å². The normalized spacial score (nSPS) is 10.7. The van der Waals surface area contributed by atoms with Gasteiger partial charge in [-0.25, -0.2) is 4.79 Å². The van der Waals surface area contributed by atoms with Crippen LogP contribution in [0.25, 0.3) is 0 Å².